The van der Waals surface area contributed by atoms with Gasteiger partial charge in [0, 0.05) is 31.0 Å². The molecule has 0 bridgehead atoms. The SMILES string of the molecule is COc1ccc(CNC(=O)NCc2cccc(NS(C)(=O)=O)c2)cn1. The van der Waals surface area contributed by atoms with Gasteiger partial charge in [-0.2, -0.15) is 0 Å². The summed E-state index contributed by atoms with van der Waals surface area (Å²) in [7, 11) is -1.80. The number of amides is 2. The Morgan fingerprint density at radius 2 is 1.84 bits per heavy atom. The highest BCUT2D eigenvalue weighted by atomic mass is 32.2. The van der Waals surface area contributed by atoms with E-state index in [1.54, 1.807) is 36.5 Å². The number of nitrogens with one attached hydrogen (secondary N) is 3. The van der Waals surface area contributed by atoms with Crippen LogP contribution in [-0.2, 0) is 23.1 Å². The van der Waals surface area contributed by atoms with Crippen molar-refractivity contribution in [3.8, 4) is 5.88 Å². The summed E-state index contributed by atoms with van der Waals surface area (Å²) in [6.07, 6.45) is 2.71. The van der Waals surface area contributed by atoms with E-state index >= 15 is 0 Å². The third-order valence-corrected chi connectivity index (χ3v) is 3.75. The highest BCUT2D eigenvalue weighted by molar-refractivity contribution is 7.92. The zero-order chi connectivity index (χ0) is 18.3. The summed E-state index contributed by atoms with van der Waals surface area (Å²) in [5.41, 5.74) is 2.07. The Morgan fingerprint density at radius 1 is 1.12 bits per heavy atom. The van der Waals surface area contributed by atoms with Crippen molar-refractivity contribution >= 4 is 21.7 Å². The normalized spacial score (nSPS) is 10.8. The second-order valence-electron chi connectivity index (χ2n) is 5.32. The van der Waals surface area contributed by atoms with E-state index < -0.39 is 10.0 Å². The fourth-order valence-electron chi connectivity index (χ4n) is 2.02. The van der Waals surface area contributed by atoms with Crippen LogP contribution in [0.25, 0.3) is 0 Å². The highest BCUT2D eigenvalue weighted by Gasteiger charge is 2.04. The number of aromatic nitrogens is 1. The molecular formula is C16H20N4O4S. The summed E-state index contributed by atoms with van der Waals surface area (Å²) >= 11 is 0. The van der Waals surface area contributed by atoms with Gasteiger partial charge in [-0.1, -0.05) is 18.2 Å². The molecule has 0 saturated carbocycles. The smallest absolute Gasteiger partial charge is 0.315 e. The zero-order valence-electron chi connectivity index (χ0n) is 13.9. The Hall–Kier alpha value is -2.81. The molecule has 134 valence electrons. The average Bonchev–Trinajstić information content (AvgIpc) is 2.57. The van der Waals surface area contributed by atoms with E-state index in [1.165, 1.54) is 7.11 Å². The summed E-state index contributed by atoms with van der Waals surface area (Å²) in [4.78, 5) is 15.9. The van der Waals surface area contributed by atoms with Gasteiger partial charge in [-0.25, -0.2) is 18.2 Å². The summed E-state index contributed by atoms with van der Waals surface area (Å²) < 4.78 is 29.8. The Balaban J connectivity index is 1.82. The van der Waals surface area contributed by atoms with Crippen LogP contribution < -0.4 is 20.1 Å². The van der Waals surface area contributed by atoms with E-state index in [2.05, 4.69) is 20.3 Å². The van der Waals surface area contributed by atoms with Gasteiger partial charge < -0.3 is 15.4 Å². The molecule has 0 aliphatic heterocycles. The van der Waals surface area contributed by atoms with E-state index in [-0.39, 0.29) is 12.6 Å². The number of hydrogen-bond donors (Lipinski definition) is 3. The lowest BCUT2D eigenvalue weighted by Gasteiger charge is -2.09. The van der Waals surface area contributed by atoms with Gasteiger partial charge in [0.1, 0.15) is 0 Å². The average molecular weight is 364 g/mol. The number of anilines is 1. The van der Waals surface area contributed by atoms with E-state index in [4.69, 9.17) is 4.74 Å². The molecule has 0 fully saturated rings. The number of rotatable bonds is 7. The topological polar surface area (TPSA) is 109 Å². The molecule has 1 aromatic carbocycles. The summed E-state index contributed by atoms with van der Waals surface area (Å²) in [6.45, 7) is 0.602. The number of methoxy groups -OCH3 is 1. The number of ether oxygens (including phenoxy) is 1. The third-order valence-electron chi connectivity index (χ3n) is 3.14. The molecule has 2 amide bonds. The minimum absolute atomic E-state index is 0.270. The van der Waals surface area contributed by atoms with Crippen molar-refractivity contribution in [3.63, 3.8) is 0 Å². The molecule has 0 radical (unpaired) electrons. The molecule has 0 saturated heterocycles. The van der Waals surface area contributed by atoms with Crippen LogP contribution in [0.2, 0.25) is 0 Å². The predicted octanol–water partition coefficient (Wildman–Crippen LogP) is 1.46. The molecule has 25 heavy (non-hydrogen) atoms. The molecule has 0 aliphatic rings. The van der Waals surface area contributed by atoms with Crippen LogP contribution in [0.15, 0.2) is 42.6 Å². The van der Waals surface area contributed by atoms with E-state index in [0.717, 1.165) is 17.4 Å². The standard InChI is InChI=1S/C16H20N4O4S/c1-24-15-7-6-13(10-17-15)11-19-16(21)18-9-12-4-3-5-14(8-12)20-25(2,22)23/h3-8,10,20H,9,11H2,1-2H3,(H2,18,19,21). The quantitative estimate of drug-likeness (QED) is 0.689. The van der Waals surface area contributed by atoms with Crippen molar-refractivity contribution in [1.29, 1.82) is 0 Å². The Labute approximate surface area is 146 Å². The van der Waals surface area contributed by atoms with Gasteiger partial charge in [-0.15, -0.1) is 0 Å². The maximum Gasteiger partial charge on any atom is 0.315 e. The van der Waals surface area contributed by atoms with Gasteiger partial charge in [0.2, 0.25) is 15.9 Å². The van der Waals surface area contributed by atoms with Gasteiger partial charge in [0.15, 0.2) is 0 Å². The monoisotopic (exact) mass is 364 g/mol. The molecule has 8 nitrogen and oxygen atoms in total. The number of nitrogens with zero attached hydrogens (tertiary/aromatic N) is 1. The lowest BCUT2D eigenvalue weighted by molar-refractivity contribution is 0.240. The first kappa shape index (κ1) is 18.5. The largest absolute Gasteiger partial charge is 0.481 e. The number of urea groups is 1. The molecule has 2 aromatic rings. The van der Waals surface area contributed by atoms with Gasteiger partial charge in [-0.3, -0.25) is 4.72 Å². The van der Waals surface area contributed by atoms with Crippen molar-refractivity contribution < 1.29 is 17.9 Å². The Morgan fingerprint density at radius 3 is 2.44 bits per heavy atom. The lowest BCUT2D eigenvalue weighted by atomic mass is 10.2. The number of pyridine rings is 1. The molecule has 0 aliphatic carbocycles. The predicted molar refractivity (Wildman–Crippen MR) is 94.8 cm³/mol. The highest BCUT2D eigenvalue weighted by Crippen LogP contribution is 2.11. The van der Waals surface area contributed by atoms with Gasteiger partial charge in [-0.05, 0) is 23.3 Å². The van der Waals surface area contributed by atoms with Crippen LogP contribution in [0.1, 0.15) is 11.1 Å². The summed E-state index contributed by atoms with van der Waals surface area (Å²) in [6, 6.07) is 10.0. The van der Waals surface area contributed by atoms with Crippen LogP contribution in [0.3, 0.4) is 0 Å². The number of hydrogen-bond acceptors (Lipinski definition) is 5. The fourth-order valence-corrected chi connectivity index (χ4v) is 2.58. The van der Waals surface area contributed by atoms with Gasteiger partial charge in [0.25, 0.3) is 0 Å². The molecule has 0 atom stereocenters. The Kier molecular flexibility index (Phi) is 6.18. The molecule has 1 heterocycles. The first-order chi connectivity index (χ1) is 11.9. The molecule has 0 spiro atoms. The molecular weight excluding hydrogens is 344 g/mol. The molecule has 0 unspecified atom stereocenters. The minimum Gasteiger partial charge on any atom is -0.481 e. The number of carbonyl (C=O) groups is 1. The fraction of sp³-hybridized carbons (Fsp3) is 0.250. The van der Waals surface area contributed by atoms with E-state index in [1.807, 2.05) is 6.07 Å². The van der Waals surface area contributed by atoms with Crippen LogP contribution in [-0.4, -0.2) is 32.8 Å². The Bertz CT molecular complexity index is 822. The van der Waals surface area contributed by atoms with Crippen LogP contribution in [0, 0.1) is 0 Å². The maximum atomic E-state index is 11.8. The first-order valence-corrected chi connectivity index (χ1v) is 9.32. The van der Waals surface area contributed by atoms with Gasteiger partial charge in [0.05, 0.1) is 13.4 Å². The number of sulfonamides is 1. The van der Waals surface area contributed by atoms with Crippen LogP contribution >= 0.6 is 0 Å². The van der Waals surface area contributed by atoms with Crippen molar-refractivity contribution in [2.24, 2.45) is 0 Å². The second-order valence-corrected chi connectivity index (χ2v) is 7.07. The van der Waals surface area contributed by atoms with Crippen LogP contribution in [0.4, 0.5) is 10.5 Å². The summed E-state index contributed by atoms with van der Waals surface area (Å²) in [5.74, 6) is 0.510. The van der Waals surface area contributed by atoms with Crippen molar-refractivity contribution in [3.05, 3.63) is 53.7 Å². The maximum absolute atomic E-state index is 11.8. The van der Waals surface area contributed by atoms with Crippen LogP contribution in [0.5, 0.6) is 5.88 Å². The molecule has 9 heteroatoms. The number of benzene rings is 1. The second kappa shape index (κ2) is 8.34. The third kappa shape index (κ3) is 6.68. The van der Waals surface area contributed by atoms with Gasteiger partial charge >= 0.3 is 6.03 Å². The van der Waals surface area contributed by atoms with Crippen molar-refractivity contribution in [2.45, 2.75) is 13.1 Å². The minimum atomic E-state index is -3.33. The number of carbonyl (C=O) groups excluding carboxylic acids is 1. The van der Waals surface area contributed by atoms with E-state index in [9.17, 15) is 13.2 Å². The molecule has 3 N–H and O–H groups in total. The first-order valence-electron chi connectivity index (χ1n) is 7.43. The molecule has 1 aromatic heterocycles. The lowest BCUT2D eigenvalue weighted by Crippen LogP contribution is -2.34. The molecule has 2 rings (SSSR count). The van der Waals surface area contributed by atoms with E-state index in [0.29, 0.717) is 18.1 Å². The van der Waals surface area contributed by atoms with Crippen molar-refractivity contribution in [2.75, 3.05) is 18.1 Å². The zero-order valence-corrected chi connectivity index (χ0v) is 14.8. The van der Waals surface area contributed by atoms with Crippen molar-refractivity contribution in [1.82, 2.24) is 15.6 Å². The summed E-state index contributed by atoms with van der Waals surface area (Å²) in [5, 5.41) is 5.43.